The fourth-order valence-electron chi connectivity index (χ4n) is 1.63. The quantitative estimate of drug-likeness (QED) is 0.692. The van der Waals surface area contributed by atoms with E-state index in [1.165, 1.54) is 5.56 Å². The highest BCUT2D eigenvalue weighted by Gasteiger charge is 2.13. The fourth-order valence-corrected chi connectivity index (χ4v) is 1.63. The molecule has 70 valence electrons. The van der Waals surface area contributed by atoms with E-state index in [1.807, 2.05) is 13.0 Å². The zero-order chi connectivity index (χ0) is 10.0. The van der Waals surface area contributed by atoms with Gasteiger partial charge in [-0.3, -0.25) is 0 Å². The van der Waals surface area contributed by atoms with Crippen LogP contribution in [0.25, 0.3) is 12.3 Å². The van der Waals surface area contributed by atoms with Gasteiger partial charge in [-0.1, -0.05) is 27.0 Å². The van der Waals surface area contributed by atoms with Gasteiger partial charge in [0.05, 0.1) is 11.4 Å². The first kappa shape index (κ1) is 9.78. The van der Waals surface area contributed by atoms with Gasteiger partial charge >= 0.3 is 0 Å². The first-order valence-corrected chi connectivity index (χ1v) is 4.45. The highest BCUT2D eigenvalue weighted by molar-refractivity contribution is 5.53. The standard InChI is InChI=1S/C11H16N2/c1-6-10-11(8(3)4)9(5)12-13(10)7-2/h6-8H,1-2H2,3-5H3. The van der Waals surface area contributed by atoms with Crippen LogP contribution in [-0.2, 0) is 0 Å². The number of aryl methyl sites for hydroxylation is 1. The number of rotatable bonds is 3. The summed E-state index contributed by atoms with van der Waals surface area (Å²) in [6, 6.07) is 0. The van der Waals surface area contributed by atoms with Crippen LogP contribution >= 0.6 is 0 Å². The number of hydrogen-bond donors (Lipinski definition) is 0. The van der Waals surface area contributed by atoms with Gasteiger partial charge in [-0.05, 0) is 18.9 Å². The molecule has 0 unspecified atom stereocenters. The van der Waals surface area contributed by atoms with Gasteiger partial charge in [-0.25, -0.2) is 4.68 Å². The van der Waals surface area contributed by atoms with Gasteiger partial charge in [-0.2, -0.15) is 5.10 Å². The normalized spacial score (nSPS) is 10.5. The molecule has 0 N–H and O–H groups in total. The van der Waals surface area contributed by atoms with Crippen molar-refractivity contribution in [2.45, 2.75) is 26.7 Å². The number of aromatic nitrogens is 2. The van der Waals surface area contributed by atoms with Crippen molar-refractivity contribution in [2.75, 3.05) is 0 Å². The molecule has 1 aromatic heterocycles. The van der Waals surface area contributed by atoms with Gasteiger partial charge in [0, 0.05) is 11.8 Å². The van der Waals surface area contributed by atoms with Gasteiger partial charge in [0.15, 0.2) is 0 Å². The molecule has 0 atom stereocenters. The second-order valence-electron chi connectivity index (χ2n) is 3.37. The Morgan fingerprint density at radius 1 is 1.38 bits per heavy atom. The smallest absolute Gasteiger partial charge is 0.0692 e. The molecule has 0 saturated carbocycles. The van der Waals surface area contributed by atoms with Crippen LogP contribution in [-0.4, -0.2) is 9.78 Å². The Balaban J connectivity index is 3.39. The maximum atomic E-state index is 4.35. The lowest BCUT2D eigenvalue weighted by atomic mass is 10.0. The molecule has 0 saturated heterocycles. The lowest BCUT2D eigenvalue weighted by molar-refractivity contribution is 0.854. The van der Waals surface area contributed by atoms with Crippen LogP contribution in [0.4, 0.5) is 0 Å². The molecule has 0 aliphatic carbocycles. The van der Waals surface area contributed by atoms with Crippen molar-refractivity contribution in [3.63, 3.8) is 0 Å². The summed E-state index contributed by atoms with van der Waals surface area (Å²) in [6.45, 7) is 13.8. The predicted octanol–water partition coefficient (Wildman–Crippen LogP) is 3.06. The highest BCUT2D eigenvalue weighted by Crippen LogP contribution is 2.23. The third-order valence-electron chi connectivity index (χ3n) is 2.11. The largest absolute Gasteiger partial charge is 0.241 e. The van der Waals surface area contributed by atoms with E-state index < -0.39 is 0 Å². The Hall–Kier alpha value is -1.31. The van der Waals surface area contributed by atoms with E-state index in [0.29, 0.717) is 5.92 Å². The van der Waals surface area contributed by atoms with Gasteiger partial charge in [0.2, 0.25) is 0 Å². The summed E-state index contributed by atoms with van der Waals surface area (Å²) in [5.41, 5.74) is 3.38. The van der Waals surface area contributed by atoms with Crippen molar-refractivity contribution in [1.29, 1.82) is 0 Å². The molecule has 1 rings (SSSR count). The summed E-state index contributed by atoms with van der Waals surface area (Å²) in [5, 5.41) is 4.35. The lowest BCUT2D eigenvalue weighted by Gasteiger charge is -2.05. The SMILES string of the molecule is C=Cc1c(C(C)C)c(C)nn1C=C. The minimum absolute atomic E-state index is 0.474. The fraction of sp³-hybridized carbons (Fsp3) is 0.364. The molecule has 1 aromatic rings. The van der Waals surface area contributed by atoms with Crippen LogP contribution in [0.5, 0.6) is 0 Å². The Kier molecular flexibility index (Phi) is 2.71. The van der Waals surface area contributed by atoms with Crippen molar-refractivity contribution in [2.24, 2.45) is 0 Å². The summed E-state index contributed by atoms with van der Waals surface area (Å²) in [4.78, 5) is 0. The monoisotopic (exact) mass is 176 g/mol. The molecule has 1 heterocycles. The first-order valence-electron chi connectivity index (χ1n) is 4.45. The summed E-state index contributed by atoms with van der Waals surface area (Å²) in [5.74, 6) is 0.474. The zero-order valence-electron chi connectivity index (χ0n) is 8.54. The molecule has 2 heteroatoms. The maximum absolute atomic E-state index is 4.35. The van der Waals surface area contributed by atoms with Crippen LogP contribution in [0.2, 0.25) is 0 Å². The van der Waals surface area contributed by atoms with E-state index in [9.17, 15) is 0 Å². The van der Waals surface area contributed by atoms with Gasteiger partial charge in [0.25, 0.3) is 0 Å². The average Bonchev–Trinajstić information content (AvgIpc) is 2.41. The summed E-state index contributed by atoms with van der Waals surface area (Å²) < 4.78 is 1.78. The maximum Gasteiger partial charge on any atom is 0.0692 e. The number of nitrogens with zero attached hydrogens (tertiary/aromatic N) is 2. The van der Waals surface area contributed by atoms with Crippen molar-refractivity contribution in [3.8, 4) is 0 Å². The van der Waals surface area contributed by atoms with E-state index in [1.54, 1.807) is 10.9 Å². The third kappa shape index (κ3) is 1.57. The highest BCUT2D eigenvalue weighted by atomic mass is 15.3. The molecular weight excluding hydrogens is 160 g/mol. The average molecular weight is 176 g/mol. The molecule has 0 fully saturated rings. The molecule has 0 aliphatic heterocycles. The van der Waals surface area contributed by atoms with E-state index in [0.717, 1.165) is 11.4 Å². The minimum Gasteiger partial charge on any atom is -0.241 e. The lowest BCUT2D eigenvalue weighted by Crippen LogP contribution is -1.94. The van der Waals surface area contributed by atoms with Crippen molar-refractivity contribution >= 4 is 12.3 Å². The first-order chi connectivity index (χ1) is 6.11. The molecule has 0 aliphatic rings. The molecule has 13 heavy (non-hydrogen) atoms. The molecule has 0 bridgehead atoms. The Labute approximate surface area is 79.6 Å². The third-order valence-corrected chi connectivity index (χ3v) is 2.11. The van der Waals surface area contributed by atoms with Crippen LogP contribution < -0.4 is 0 Å². The number of hydrogen-bond acceptors (Lipinski definition) is 1. The topological polar surface area (TPSA) is 17.8 Å². The Morgan fingerprint density at radius 2 is 2.00 bits per heavy atom. The molecule has 0 amide bonds. The summed E-state index contributed by atoms with van der Waals surface area (Å²) >= 11 is 0. The molecule has 0 spiro atoms. The Bertz CT molecular complexity index is 332. The Morgan fingerprint density at radius 3 is 2.38 bits per heavy atom. The second kappa shape index (κ2) is 3.60. The molecular formula is C11H16N2. The molecule has 0 radical (unpaired) electrons. The minimum atomic E-state index is 0.474. The summed E-state index contributed by atoms with van der Waals surface area (Å²) in [6.07, 6.45) is 3.53. The van der Waals surface area contributed by atoms with Crippen LogP contribution in [0, 0.1) is 6.92 Å². The van der Waals surface area contributed by atoms with Crippen LogP contribution in [0.15, 0.2) is 13.2 Å². The van der Waals surface area contributed by atoms with Crippen LogP contribution in [0.1, 0.15) is 36.7 Å². The van der Waals surface area contributed by atoms with Crippen molar-refractivity contribution in [3.05, 3.63) is 30.1 Å². The van der Waals surface area contributed by atoms with Gasteiger partial charge in [0.1, 0.15) is 0 Å². The second-order valence-corrected chi connectivity index (χ2v) is 3.37. The van der Waals surface area contributed by atoms with E-state index in [-0.39, 0.29) is 0 Å². The molecule has 2 nitrogen and oxygen atoms in total. The van der Waals surface area contributed by atoms with Gasteiger partial charge in [-0.15, -0.1) is 0 Å². The zero-order valence-corrected chi connectivity index (χ0v) is 8.54. The van der Waals surface area contributed by atoms with E-state index >= 15 is 0 Å². The van der Waals surface area contributed by atoms with Crippen molar-refractivity contribution < 1.29 is 0 Å². The van der Waals surface area contributed by atoms with Crippen LogP contribution in [0.3, 0.4) is 0 Å². The summed E-state index contributed by atoms with van der Waals surface area (Å²) in [7, 11) is 0. The van der Waals surface area contributed by atoms with Crippen molar-refractivity contribution in [1.82, 2.24) is 9.78 Å². The van der Waals surface area contributed by atoms with E-state index in [2.05, 4.69) is 32.1 Å². The van der Waals surface area contributed by atoms with Gasteiger partial charge < -0.3 is 0 Å². The predicted molar refractivity (Wildman–Crippen MR) is 57.5 cm³/mol. The molecule has 0 aromatic carbocycles. The van der Waals surface area contributed by atoms with E-state index in [4.69, 9.17) is 0 Å².